The van der Waals surface area contributed by atoms with E-state index in [0.29, 0.717) is 16.4 Å². The normalized spacial score (nSPS) is 13.5. The molecule has 166 valence electrons. The molecule has 32 heavy (non-hydrogen) atoms. The average molecular weight is 451 g/mol. The quantitative estimate of drug-likeness (QED) is 0.436. The number of anilines is 5. The summed E-state index contributed by atoms with van der Waals surface area (Å²) in [4.78, 5) is 23.8. The van der Waals surface area contributed by atoms with Crippen molar-refractivity contribution in [3.8, 4) is 0 Å². The molecule has 8 heteroatoms. The summed E-state index contributed by atoms with van der Waals surface area (Å²) in [6.07, 6.45) is 3.63. The van der Waals surface area contributed by atoms with Crippen LogP contribution in [0.5, 0.6) is 0 Å². The first-order chi connectivity index (χ1) is 15.5. The number of carbonyl (C=O) groups is 1. The molecule has 0 atom stereocenters. The van der Waals surface area contributed by atoms with E-state index in [4.69, 9.17) is 16.6 Å². The number of hydrogen-bond acceptors (Lipinski definition) is 5. The number of urea groups is 1. The molecule has 1 aliphatic rings. The smallest absolute Gasteiger partial charge is 0.323 e. The van der Waals surface area contributed by atoms with Crippen LogP contribution in [0, 0.1) is 13.8 Å². The predicted molar refractivity (Wildman–Crippen MR) is 131 cm³/mol. The lowest BCUT2D eigenvalue weighted by molar-refractivity contribution is 0.262. The van der Waals surface area contributed by atoms with Gasteiger partial charge in [0.25, 0.3) is 0 Å². The Morgan fingerprint density at radius 3 is 2.25 bits per heavy atom. The highest BCUT2D eigenvalue weighted by Gasteiger charge is 2.14. The van der Waals surface area contributed by atoms with E-state index >= 15 is 0 Å². The number of aromatic nitrogens is 2. The standard InChI is InChI=1S/C24H27ClN6O/c1-16-6-7-20(15-21(16)25)29-24(32)28-19-10-8-18(9-11-19)27-22-14-17(2)26-23(30-22)31-12-4-3-5-13-31/h6-11,14-15H,3-5,12-13H2,1-2H3,(H,26,27,30)(H2,28,29,32). The van der Waals surface area contributed by atoms with Gasteiger partial charge in [-0.3, -0.25) is 0 Å². The molecule has 2 aromatic carbocycles. The monoisotopic (exact) mass is 450 g/mol. The lowest BCUT2D eigenvalue weighted by atomic mass is 10.1. The van der Waals surface area contributed by atoms with Gasteiger partial charge in [-0.05, 0) is 75.1 Å². The second kappa shape index (κ2) is 9.87. The van der Waals surface area contributed by atoms with E-state index in [2.05, 4.69) is 25.8 Å². The molecule has 3 N–H and O–H groups in total. The molecule has 1 fully saturated rings. The number of aryl methyl sites for hydroxylation is 2. The SMILES string of the molecule is Cc1cc(Nc2ccc(NC(=O)Nc3ccc(C)c(Cl)c3)cc2)nc(N2CCCCC2)n1. The summed E-state index contributed by atoms with van der Waals surface area (Å²) in [5.41, 5.74) is 4.08. The first-order valence-electron chi connectivity index (χ1n) is 10.8. The van der Waals surface area contributed by atoms with Crippen LogP contribution in [0.4, 0.5) is 33.6 Å². The molecule has 0 bridgehead atoms. The van der Waals surface area contributed by atoms with Crippen LogP contribution >= 0.6 is 11.6 Å². The zero-order valence-corrected chi connectivity index (χ0v) is 19.0. The first-order valence-corrected chi connectivity index (χ1v) is 11.2. The minimum atomic E-state index is -0.330. The number of benzene rings is 2. The van der Waals surface area contributed by atoms with Crippen LogP contribution in [0.2, 0.25) is 5.02 Å². The van der Waals surface area contributed by atoms with Crippen molar-refractivity contribution in [2.75, 3.05) is 33.9 Å². The van der Waals surface area contributed by atoms with Crippen LogP contribution < -0.4 is 20.9 Å². The van der Waals surface area contributed by atoms with Gasteiger partial charge in [-0.2, -0.15) is 4.98 Å². The summed E-state index contributed by atoms with van der Waals surface area (Å²) in [5.74, 6) is 1.53. The van der Waals surface area contributed by atoms with Gasteiger partial charge < -0.3 is 20.9 Å². The van der Waals surface area contributed by atoms with Crippen molar-refractivity contribution >= 4 is 46.5 Å². The van der Waals surface area contributed by atoms with Crippen molar-refractivity contribution in [1.82, 2.24) is 9.97 Å². The summed E-state index contributed by atoms with van der Waals surface area (Å²) in [7, 11) is 0. The zero-order valence-electron chi connectivity index (χ0n) is 18.3. The Hall–Kier alpha value is -3.32. The predicted octanol–water partition coefficient (Wildman–Crippen LogP) is 6.12. The number of nitrogens with zero attached hydrogens (tertiary/aromatic N) is 3. The van der Waals surface area contributed by atoms with Gasteiger partial charge in [-0.25, -0.2) is 9.78 Å². The van der Waals surface area contributed by atoms with Gasteiger partial charge in [0, 0.05) is 46.9 Å². The van der Waals surface area contributed by atoms with Crippen LogP contribution in [0.1, 0.15) is 30.5 Å². The summed E-state index contributed by atoms with van der Waals surface area (Å²) in [5, 5.41) is 9.56. The number of nitrogens with one attached hydrogen (secondary N) is 3. The van der Waals surface area contributed by atoms with Gasteiger partial charge in [0.1, 0.15) is 5.82 Å². The lowest BCUT2D eigenvalue weighted by Gasteiger charge is -2.27. The van der Waals surface area contributed by atoms with Crippen molar-refractivity contribution in [1.29, 1.82) is 0 Å². The topological polar surface area (TPSA) is 82.2 Å². The van der Waals surface area contributed by atoms with Crippen molar-refractivity contribution in [2.45, 2.75) is 33.1 Å². The molecule has 0 unspecified atom stereocenters. The highest BCUT2D eigenvalue weighted by Crippen LogP contribution is 2.23. The van der Waals surface area contributed by atoms with Crippen molar-refractivity contribution in [2.24, 2.45) is 0 Å². The number of carbonyl (C=O) groups excluding carboxylic acids is 1. The average Bonchev–Trinajstić information content (AvgIpc) is 2.78. The minimum absolute atomic E-state index is 0.330. The fraction of sp³-hybridized carbons (Fsp3) is 0.292. The Kier molecular flexibility index (Phi) is 6.75. The molecule has 3 aromatic rings. The molecule has 2 amide bonds. The van der Waals surface area contributed by atoms with E-state index < -0.39 is 0 Å². The molecule has 0 spiro atoms. The molecule has 0 aliphatic carbocycles. The van der Waals surface area contributed by atoms with E-state index in [9.17, 15) is 4.79 Å². The minimum Gasteiger partial charge on any atom is -0.341 e. The number of piperidine rings is 1. The Morgan fingerprint density at radius 1 is 0.875 bits per heavy atom. The van der Waals surface area contributed by atoms with Crippen molar-refractivity contribution in [3.63, 3.8) is 0 Å². The highest BCUT2D eigenvalue weighted by atomic mass is 35.5. The summed E-state index contributed by atoms with van der Waals surface area (Å²) in [6, 6.07) is 14.5. The highest BCUT2D eigenvalue weighted by molar-refractivity contribution is 6.31. The zero-order chi connectivity index (χ0) is 22.5. The summed E-state index contributed by atoms with van der Waals surface area (Å²) < 4.78 is 0. The molecule has 7 nitrogen and oxygen atoms in total. The van der Waals surface area contributed by atoms with Crippen molar-refractivity contribution < 1.29 is 4.79 Å². The Bertz CT molecular complexity index is 1100. The lowest BCUT2D eigenvalue weighted by Crippen LogP contribution is -2.31. The maximum Gasteiger partial charge on any atom is 0.323 e. The van der Waals surface area contributed by atoms with Crippen LogP contribution in [0.3, 0.4) is 0 Å². The molecule has 1 saturated heterocycles. The second-order valence-corrected chi connectivity index (χ2v) is 8.39. The van der Waals surface area contributed by atoms with E-state index in [1.165, 1.54) is 19.3 Å². The van der Waals surface area contributed by atoms with E-state index in [1.54, 1.807) is 6.07 Å². The second-order valence-electron chi connectivity index (χ2n) is 7.99. The molecule has 1 aromatic heterocycles. The number of halogens is 1. The molecular weight excluding hydrogens is 424 g/mol. The molecule has 1 aliphatic heterocycles. The maximum atomic E-state index is 12.3. The van der Waals surface area contributed by atoms with Crippen LogP contribution in [-0.2, 0) is 0 Å². The van der Waals surface area contributed by atoms with Gasteiger partial charge in [-0.15, -0.1) is 0 Å². The number of rotatable bonds is 5. The van der Waals surface area contributed by atoms with Gasteiger partial charge >= 0.3 is 6.03 Å². The number of amides is 2. The fourth-order valence-corrected chi connectivity index (χ4v) is 3.78. The maximum absolute atomic E-state index is 12.3. The van der Waals surface area contributed by atoms with E-state index in [0.717, 1.165) is 41.8 Å². The summed E-state index contributed by atoms with van der Waals surface area (Å²) >= 11 is 6.11. The number of hydrogen-bond donors (Lipinski definition) is 3. The van der Waals surface area contributed by atoms with Gasteiger partial charge in [0.15, 0.2) is 0 Å². The van der Waals surface area contributed by atoms with E-state index in [-0.39, 0.29) is 6.03 Å². The third-order valence-corrected chi connectivity index (χ3v) is 5.73. The van der Waals surface area contributed by atoms with Gasteiger partial charge in [-0.1, -0.05) is 17.7 Å². The molecule has 0 radical (unpaired) electrons. The van der Waals surface area contributed by atoms with Crippen molar-refractivity contribution in [3.05, 3.63) is 64.8 Å². The molecule has 2 heterocycles. The van der Waals surface area contributed by atoms with Gasteiger partial charge in [0.05, 0.1) is 0 Å². The summed E-state index contributed by atoms with van der Waals surface area (Å²) in [6.45, 7) is 5.90. The fourth-order valence-electron chi connectivity index (χ4n) is 3.60. The third-order valence-electron chi connectivity index (χ3n) is 5.33. The Labute approximate surface area is 193 Å². The first kappa shape index (κ1) is 21.9. The van der Waals surface area contributed by atoms with E-state index in [1.807, 2.05) is 56.3 Å². The van der Waals surface area contributed by atoms with Gasteiger partial charge in [0.2, 0.25) is 5.95 Å². The Balaban J connectivity index is 1.38. The van der Waals surface area contributed by atoms with Crippen LogP contribution in [0.15, 0.2) is 48.5 Å². The molecule has 0 saturated carbocycles. The largest absolute Gasteiger partial charge is 0.341 e. The van der Waals surface area contributed by atoms with Crippen LogP contribution in [0.25, 0.3) is 0 Å². The Morgan fingerprint density at radius 2 is 1.53 bits per heavy atom. The molecule has 4 rings (SSSR count). The molecular formula is C24H27ClN6O. The van der Waals surface area contributed by atoms with Crippen LogP contribution in [-0.4, -0.2) is 29.1 Å². The third kappa shape index (κ3) is 5.68.